The van der Waals surface area contributed by atoms with Gasteiger partial charge in [0, 0.05) is 13.1 Å². The first-order valence-corrected chi connectivity index (χ1v) is 7.30. The normalized spacial score (nSPS) is 34.6. The minimum atomic E-state index is -0.894. The molecular weight excluding hydrogens is 258 g/mol. The Bertz CT molecular complexity index is 416. The molecular formula is C15H23NO4. The van der Waals surface area contributed by atoms with Gasteiger partial charge in [0.05, 0.1) is 17.4 Å². The van der Waals surface area contributed by atoms with E-state index in [2.05, 4.69) is 0 Å². The summed E-state index contributed by atoms with van der Waals surface area (Å²) < 4.78 is 0. The molecule has 5 nitrogen and oxygen atoms in total. The second-order valence-corrected chi connectivity index (χ2v) is 6.17. The van der Waals surface area contributed by atoms with Crippen LogP contribution < -0.4 is 0 Å². The highest BCUT2D eigenvalue weighted by atomic mass is 16.4. The second kappa shape index (κ2) is 5.95. The summed E-state index contributed by atoms with van der Waals surface area (Å²) in [6.07, 6.45) is 6.67. The van der Waals surface area contributed by atoms with E-state index in [0.717, 1.165) is 6.42 Å². The molecule has 5 heteroatoms. The summed E-state index contributed by atoms with van der Waals surface area (Å²) >= 11 is 0. The van der Waals surface area contributed by atoms with Crippen LogP contribution in [0.2, 0.25) is 0 Å². The van der Waals surface area contributed by atoms with E-state index < -0.39 is 23.4 Å². The van der Waals surface area contributed by atoms with Crippen LogP contribution in [0.5, 0.6) is 0 Å². The number of rotatable bonds is 2. The third kappa shape index (κ3) is 3.39. The molecule has 2 N–H and O–H groups in total. The smallest absolute Gasteiger partial charge is 0.307 e. The first-order valence-electron chi connectivity index (χ1n) is 7.30. The fourth-order valence-corrected chi connectivity index (χ4v) is 3.08. The lowest BCUT2D eigenvalue weighted by atomic mass is 9.82. The molecule has 3 atom stereocenters. The van der Waals surface area contributed by atoms with Gasteiger partial charge in [0.25, 0.3) is 0 Å². The number of amides is 1. The third-order valence-electron chi connectivity index (χ3n) is 4.44. The van der Waals surface area contributed by atoms with Gasteiger partial charge in [-0.3, -0.25) is 9.59 Å². The molecule has 1 aliphatic heterocycles. The third-order valence-corrected chi connectivity index (χ3v) is 4.44. The number of aliphatic carboxylic acids is 1. The summed E-state index contributed by atoms with van der Waals surface area (Å²) in [6, 6.07) is 0. The highest BCUT2D eigenvalue weighted by Gasteiger charge is 2.37. The summed E-state index contributed by atoms with van der Waals surface area (Å²) in [5.41, 5.74) is -0.715. The molecule has 1 unspecified atom stereocenters. The highest BCUT2D eigenvalue weighted by Crippen LogP contribution is 2.29. The zero-order valence-corrected chi connectivity index (χ0v) is 11.9. The lowest BCUT2D eigenvalue weighted by Gasteiger charge is -2.30. The molecule has 0 aromatic rings. The van der Waals surface area contributed by atoms with Gasteiger partial charge >= 0.3 is 5.97 Å². The van der Waals surface area contributed by atoms with E-state index in [1.807, 2.05) is 12.2 Å². The maximum absolute atomic E-state index is 12.6. The number of allylic oxidation sites excluding steroid dienone is 2. The van der Waals surface area contributed by atoms with Gasteiger partial charge in [-0.15, -0.1) is 0 Å². The van der Waals surface area contributed by atoms with E-state index >= 15 is 0 Å². The Balaban J connectivity index is 2.06. The quantitative estimate of drug-likeness (QED) is 0.750. The Morgan fingerprint density at radius 2 is 1.80 bits per heavy atom. The van der Waals surface area contributed by atoms with Gasteiger partial charge in [-0.05, 0) is 39.0 Å². The molecule has 1 aliphatic carbocycles. The van der Waals surface area contributed by atoms with E-state index in [-0.39, 0.29) is 5.91 Å². The number of hydrogen-bond acceptors (Lipinski definition) is 3. The molecule has 0 radical (unpaired) electrons. The molecule has 2 aliphatic rings. The van der Waals surface area contributed by atoms with Gasteiger partial charge in [0.15, 0.2) is 0 Å². The first kappa shape index (κ1) is 15.0. The molecule has 0 saturated carbocycles. The molecule has 0 bridgehead atoms. The zero-order chi connectivity index (χ0) is 14.8. The number of carbonyl (C=O) groups excluding carboxylic acids is 1. The van der Waals surface area contributed by atoms with E-state index in [9.17, 15) is 19.8 Å². The van der Waals surface area contributed by atoms with Gasteiger partial charge in [0.2, 0.25) is 5.91 Å². The molecule has 2 rings (SSSR count). The van der Waals surface area contributed by atoms with Crippen LogP contribution in [0.4, 0.5) is 0 Å². The van der Waals surface area contributed by atoms with Crippen LogP contribution in [-0.2, 0) is 9.59 Å². The number of carboxylic acids is 1. The van der Waals surface area contributed by atoms with Crippen molar-refractivity contribution in [3.8, 4) is 0 Å². The molecule has 0 aromatic carbocycles. The standard InChI is InChI=1S/C15H23NO4/c1-15(20)7-4-9-16(10-8-15)13(17)11-5-2-3-6-12(11)14(18)19/h2-3,11-12,20H,4-10H2,1H3,(H,18,19)/t11-,12+,15?/m1/s1. The average molecular weight is 281 g/mol. The SMILES string of the molecule is CC1(O)CCCN(C(=O)[C@@H]2CC=CC[C@@H]2C(=O)O)CC1. The summed E-state index contributed by atoms with van der Waals surface area (Å²) in [4.78, 5) is 25.6. The Morgan fingerprint density at radius 3 is 2.45 bits per heavy atom. The summed E-state index contributed by atoms with van der Waals surface area (Å²) in [5, 5.41) is 19.3. The summed E-state index contributed by atoms with van der Waals surface area (Å²) in [6.45, 7) is 2.92. The molecule has 1 amide bonds. The Hall–Kier alpha value is -1.36. The maximum atomic E-state index is 12.6. The predicted octanol–water partition coefficient (Wildman–Crippen LogP) is 1.42. The Morgan fingerprint density at radius 1 is 1.15 bits per heavy atom. The van der Waals surface area contributed by atoms with Crippen LogP contribution in [0, 0.1) is 11.8 Å². The number of likely N-dealkylation sites (tertiary alicyclic amines) is 1. The average Bonchev–Trinajstić information content (AvgIpc) is 2.59. The maximum Gasteiger partial charge on any atom is 0.307 e. The molecule has 1 saturated heterocycles. The van der Waals surface area contributed by atoms with Gasteiger partial charge in [-0.2, -0.15) is 0 Å². The minimum absolute atomic E-state index is 0.0700. The Labute approximate surface area is 119 Å². The second-order valence-electron chi connectivity index (χ2n) is 6.17. The van der Waals surface area contributed by atoms with Gasteiger partial charge in [-0.1, -0.05) is 12.2 Å². The van der Waals surface area contributed by atoms with E-state index in [4.69, 9.17) is 0 Å². The van der Waals surface area contributed by atoms with Crippen molar-refractivity contribution >= 4 is 11.9 Å². The zero-order valence-electron chi connectivity index (χ0n) is 11.9. The fraction of sp³-hybridized carbons (Fsp3) is 0.733. The summed E-state index contributed by atoms with van der Waals surface area (Å²) in [5.74, 6) is -2.04. The molecule has 0 aromatic heterocycles. The number of carbonyl (C=O) groups is 2. The summed E-state index contributed by atoms with van der Waals surface area (Å²) in [7, 11) is 0. The fourth-order valence-electron chi connectivity index (χ4n) is 3.08. The molecule has 1 heterocycles. The molecule has 112 valence electrons. The van der Waals surface area contributed by atoms with Crippen molar-refractivity contribution in [3.63, 3.8) is 0 Å². The van der Waals surface area contributed by atoms with Gasteiger partial charge in [0.1, 0.15) is 0 Å². The van der Waals surface area contributed by atoms with Crippen LogP contribution in [-0.4, -0.2) is 45.7 Å². The van der Waals surface area contributed by atoms with Crippen molar-refractivity contribution in [1.29, 1.82) is 0 Å². The monoisotopic (exact) mass is 281 g/mol. The predicted molar refractivity (Wildman–Crippen MR) is 74.0 cm³/mol. The minimum Gasteiger partial charge on any atom is -0.481 e. The highest BCUT2D eigenvalue weighted by molar-refractivity contribution is 5.85. The van der Waals surface area contributed by atoms with Crippen molar-refractivity contribution in [2.75, 3.05) is 13.1 Å². The lowest BCUT2D eigenvalue weighted by Crippen LogP contribution is -2.42. The molecule has 0 spiro atoms. The molecule has 1 fully saturated rings. The van der Waals surface area contributed by atoms with Crippen LogP contribution in [0.1, 0.15) is 39.0 Å². The van der Waals surface area contributed by atoms with Crippen molar-refractivity contribution in [2.24, 2.45) is 11.8 Å². The number of aliphatic hydroxyl groups is 1. The van der Waals surface area contributed by atoms with E-state index in [0.29, 0.717) is 38.8 Å². The van der Waals surface area contributed by atoms with E-state index in [1.165, 1.54) is 0 Å². The number of hydrogen-bond donors (Lipinski definition) is 2. The van der Waals surface area contributed by atoms with Crippen LogP contribution in [0.15, 0.2) is 12.2 Å². The van der Waals surface area contributed by atoms with E-state index in [1.54, 1.807) is 11.8 Å². The van der Waals surface area contributed by atoms with Crippen molar-refractivity contribution < 1.29 is 19.8 Å². The topological polar surface area (TPSA) is 77.8 Å². The van der Waals surface area contributed by atoms with Crippen molar-refractivity contribution in [1.82, 2.24) is 4.90 Å². The Kier molecular flexibility index (Phi) is 4.48. The number of carboxylic acid groups (broad SMARTS) is 1. The van der Waals surface area contributed by atoms with Crippen LogP contribution >= 0.6 is 0 Å². The van der Waals surface area contributed by atoms with Crippen LogP contribution in [0.3, 0.4) is 0 Å². The van der Waals surface area contributed by atoms with Crippen molar-refractivity contribution in [3.05, 3.63) is 12.2 Å². The first-order chi connectivity index (χ1) is 9.41. The van der Waals surface area contributed by atoms with Gasteiger partial charge in [-0.25, -0.2) is 0 Å². The number of nitrogens with zero attached hydrogens (tertiary/aromatic N) is 1. The van der Waals surface area contributed by atoms with Gasteiger partial charge < -0.3 is 15.1 Å². The largest absolute Gasteiger partial charge is 0.481 e. The molecule has 20 heavy (non-hydrogen) atoms. The van der Waals surface area contributed by atoms with Crippen LogP contribution in [0.25, 0.3) is 0 Å². The van der Waals surface area contributed by atoms with Crippen molar-refractivity contribution in [2.45, 2.75) is 44.6 Å². The lowest BCUT2D eigenvalue weighted by molar-refractivity contribution is -0.150.